The average Bonchev–Trinajstić information content (AvgIpc) is 2.82. The van der Waals surface area contributed by atoms with Gasteiger partial charge < -0.3 is 25.6 Å². The highest BCUT2D eigenvalue weighted by atomic mass is 19.1. The first-order valence-electron chi connectivity index (χ1n) is 11.2. The zero-order chi connectivity index (χ0) is 23.8. The number of aliphatic hydroxyl groups is 1. The van der Waals surface area contributed by atoms with Crippen LogP contribution in [0.2, 0.25) is 0 Å². The second-order valence-corrected chi connectivity index (χ2v) is 8.64. The normalized spacial score (nSPS) is 18.3. The predicted octanol–water partition coefficient (Wildman–Crippen LogP) is 3.38. The lowest BCUT2D eigenvalue weighted by atomic mass is 9.94. The molecule has 0 bridgehead atoms. The molecule has 3 aromatic rings. The van der Waals surface area contributed by atoms with Crippen molar-refractivity contribution < 1.29 is 23.8 Å². The highest BCUT2D eigenvalue weighted by Crippen LogP contribution is 2.38. The first-order valence-corrected chi connectivity index (χ1v) is 11.2. The van der Waals surface area contributed by atoms with E-state index in [-0.39, 0.29) is 17.6 Å². The number of carbonyl (C=O) groups is 1. The van der Waals surface area contributed by atoms with E-state index in [4.69, 9.17) is 15.2 Å². The molecular formula is C24H26FN5O4. The maximum absolute atomic E-state index is 15.3. The molecule has 1 saturated heterocycles. The lowest BCUT2D eigenvalue weighted by Crippen LogP contribution is -2.29. The monoisotopic (exact) mass is 467 g/mol. The number of hydrogen-bond acceptors (Lipinski definition) is 8. The van der Waals surface area contributed by atoms with E-state index in [0.29, 0.717) is 60.9 Å². The highest BCUT2D eigenvalue weighted by Gasteiger charge is 2.23. The molecule has 1 atom stereocenters. The van der Waals surface area contributed by atoms with Crippen LogP contribution < -0.4 is 16.4 Å². The number of fused-ring (bicyclic) bond motifs is 2. The zero-order valence-electron chi connectivity index (χ0n) is 18.7. The van der Waals surface area contributed by atoms with Crippen LogP contribution in [-0.4, -0.2) is 53.1 Å². The van der Waals surface area contributed by atoms with Crippen LogP contribution in [0.5, 0.6) is 0 Å². The van der Waals surface area contributed by atoms with Crippen LogP contribution in [0.3, 0.4) is 0 Å². The van der Waals surface area contributed by atoms with E-state index in [1.54, 1.807) is 18.3 Å². The third-order valence-electron chi connectivity index (χ3n) is 6.32. The third kappa shape index (κ3) is 4.22. The lowest BCUT2D eigenvalue weighted by Gasteiger charge is -2.25. The lowest BCUT2D eigenvalue weighted by molar-refractivity contribution is 0.00590. The molecule has 1 aromatic carbocycles. The summed E-state index contributed by atoms with van der Waals surface area (Å²) in [5.74, 6) is -0.285. The number of anilines is 3. The van der Waals surface area contributed by atoms with Gasteiger partial charge in [-0.25, -0.2) is 14.2 Å². The van der Waals surface area contributed by atoms with Gasteiger partial charge in [-0.2, -0.15) is 0 Å². The maximum atomic E-state index is 15.3. The SMILES string of the molecule is Cc1c(-c2cc3cc(NC(=O)OC4CCOCC4)ncc3c(N)c2F)cnc2c1NCC(O)C2. The Balaban J connectivity index is 1.47. The van der Waals surface area contributed by atoms with Crippen LogP contribution in [-0.2, 0) is 15.9 Å². The topological polar surface area (TPSA) is 132 Å². The van der Waals surface area contributed by atoms with Gasteiger partial charge in [-0.1, -0.05) is 0 Å². The summed E-state index contributed by atoms with van der Waals surface area (Å²) in [7, 11) is 0. The van der Waals surface area contributed by atoms with E-state index >= 15 is 4.39 Å². The van der Waals surface area contributed by atoms with Crippen LogP contribution in [0, 0.1) is 12.7 Å². The summed E-state index contributed by atoms with van der Waals surface area (Å²) in [5.41, 5.74) is 9.36. The zero-order valence-corrected chi connectivity index (χ0v) is 18.7. The Morgan fingerprint density at radius 2 is 2.06 bits per heavy atom. The number of nitrogens with two attached hydrogens (primary N) is 1. The summed E-state index contributed by atoms with van der Waals surface area (Å²) in [6.45, 7) is 3.41. The number of nitrogens with one attached hydrogen (secondary N) is 2. The van der Waals surface area contributed by atoms with Gasteiger partial charge in [0.15, 0.2) is 5.82 Å². The number of amides is 1. The Labute approximate surface area is 195 Å². The molecule has 4 heterocycles. The van der Waals surface area contributed by atoms with Crippen LogP contribution in [0.4, 0.5) is 26.4 Å². The van der Waals surface area contributed by atoms with Crippen molar-refractivity contribution in [2.75, 3.05) is 36.1 Å². The first-order chi connectivity index (χ1) is 16.4. The molecule has 178 valence electrons. The average molecular weight is 468 g/mol. The van der Waals surface area contributed by atoms with E-state index in [9.17, 15) is 9.90 Å². The molecule has 1 fully saturated rings. The molecule has 0 radical (unpaired) electrons. The molecule has 1 unspecified atom stereocenters. The molecule has 5 N–H and O–H groups in total. The number of β-amino-alcohol motifs (C(OH)–C–C–N with tert-alkyl or cyclic N) is 1. The second-order valence-electron chi connectivity index (χ2n) is 8.64. The fraction of sp³-hybridized carbons (Fsp3) is 0.375. The Morgan fingerprint density at radius 3 is 2.85 bits per heavy atom. The number of ether oxygens (including phenoxy) is 2. The molecule has 0 saturated carbocycles. The molecule has 1 amide bonds. The van der Waals surface area contributed by atoms with Crippen molar-refractivity contribution in [3.8, 4) is 11.1 Å². The van der Waals surface area contributed by atoms with E-state index in [2.05, 4.69) is 20.6 Å². The highest BCUT2D eigenvalue weighted by molar-refractivity contribution is 5.99. The van der Waals surface area contributed by atoms with Gasteiger partial charge in [-0.15, -0.1) is 0 Å². The summed E-state index contributed by atoms with van der Waals surface area (Å²) in [6, 6.07) is 3.31. The number of aliphatic hydroxyl groups excluding tert-OH is 1. The second kappa shape index (κ2) is 9.03. The Bertz CT molecular complexity index is 1260. The van der Waals surface area contributed by atoms with Crippen molar-refractivity contribution in [2.24, 2.45) is 0 Å². The largest absolute Gasteiger partial charge is 0.446 e. The molecular weight excluding hydrogens is 441 g/mol. The summed E-state index contributed by atoms with van der Waals surface area (Å²) < 4.78 is 26.0. The minimum Gasteiger partial charge on any atom is -0.446 e. The van der Waals surface area contributed by atoms with Crippen LogP contribution in [0.25, 0.3) is 21.9 Å². The molecule has 34 heavy (non-hydrogen) atoms. The Hall–Kier alpha value is -3.50. The smallest absolute Gasteiger partial charge is 0.413 e. The van der Waals surface area contributed by atoms with Gasteiger partial charge in [0.1, 0.15) is 11.9 Å². The standard InChI is InChI=1S/C24H26FN5O4/c1-12-17(10-27-19-8-14(31)9-29-23(12)19)16-6-13-7-20(28-11-18(13)22(26)21(16)25)30-24(32)34-15-2-4-33-5-3-15/h6-7,10-11,14-15,29,31H,2-5,8-9,26H2,1H3,(H,28,30,32). The molecule has 0 aliphatic carbocycles. The quantitative estimate of drug-likeness (QED) is 0.431. The predicted molar refractivity (Wildman–Crippen MR) is 126 cm³/mol. The minimum atomic E-state index is -0.600. The van der Waals surface area contributed by atoms with E-state index in [0.717, 1.165) is 16.9 Å². The molecule has 9 nitrogen and oxygen atoms in total. The number of benzene rings is 1. The summed E-state index contributed by atoms with van der Waals surface area (Å²) in [5, 5.41) is 16.8. The van der Waals surface area contributed by atoms with Gasteiger partial charge in [-0.3, -0.25) is 10.3 Å². The van der Waals surface area contributed by atoms with Crippen molar-refractivity contribution in [2.45, 2.75) is 38.4 Å². The summed E-state index contributed by atoms with van der Waals surface area (Å²) >= 11 is 0. The fourth-order valence-electron chi connectivity index (χ4n) is 4.47. The van der Waals surface area contributed by atoms with Crippen molar-refractivity contribution >= 4 is 34.1 Å². The first kappa shape index (κ1) is 22.3. The molecule has 2 aromatic heterocycles. The van der Waals surface area contributed by atoms with Crippen molar-refractivity contribution in [1.29, 1.82) is 0 Å². The van der Waals surface area contributed by atoms with E-state index < -0.39 is 18.0 Å². The van der Waals surface area contributed by atoms with Crippen LogP contribution in [0.1, 0.15) is 24.1 Å². The van der Waals surface area contributed by atoms with Gasteiger partial charge in [0.25, 0.3) is 0 Å². The number of pyridine rings is 2. The van der Waals surface area contributed by atoms with Gasteiger partial charge in [-0.05, 0) is 30.0 Å². The van der Waals surface area contributed by atoms with Crippen molar-refractivity contribution in [3.63, 3.8) is 0 Å². The van der Waals surface area contributed by atoms with Gasteiger partial charge >= 0.3 is 6.09 Å². The fourth-order valence-corrected chi connectivity index (χ4v) is 4.47. The number of aromatic nitrogens is 2. The Kier molecular flexibility index (Phi) is 5.93. The number of carbonyl (C=O) groups excluding carboxylic acids is 1. The molecule has 2 aliphatic heterocycles. The number of nitrogen functional groups attached to an aromatic ring is 1. The van der Waals surface area contributed by atoms with Gasteiger partial charge in [0, 0.05) is 54.7 Å². The van der Waals surface area contributed by atoms with E-state index in [1.165, 1.54) is 6.20 Å². The van der Waals surface area contributed by atoms with Crippen LogP contribution in [0.15, 0.2) is 24.5 Å². The molecule has 5 rings (SSSR count). The summed E-state index contributed by atoms with van der Waals surface area (Å²) in [6.07, 6.45) is 3.48. The van der Waals surface area contributed by atoms with Gasteiger partial charge in [0.05, 0.1) is 36.4 Å². The molecule has 0 spiro atoms. The number of hydrogen-bond donors (Lipinski definition) is 4. The maximum Gasteiger partial charge on any atom is 0.413 e. The molecule has 2 aliphatic rings. The van der Waals surface area contributed by atoms with Crippen molar-refractivity contribution in [3.05, 3.63) is 41.6 Å². The van der Waals surface area contributed by atoms with Crippen molar-refractivity contribution in [1.82, 2.24) is 9.97 Å². The van der Waals surface area contributed by atoms with E-state index in [1.807, 2.05) is 6.92 Å². The Morgan fingerprint density at radius 1 is 1.26 bits per heavy atom. The number of nitrogens with zero attached hydrogens (tertiary/aromatic N) is 2. The minimum absolute atomic E-state index is 0.0307. The van der Waals surface area contributed by atoms with Crippen LogP contribution >= 0.6 is 0 Å². The number of rotatable bonds is 3. The van der Waals surface area contributed by atoms with Gasteiger partial charge in [0.2, 0.25) is 0 Å². The molecule has 10 heteroatoms. The summed E-state index contributed by atoms with van der Waals surface area (Å²) in [4.78, 5) is 20.9. The third-order valence-corrected chi connectivity index (χ3v) is 6.32. The number of halogens is 1.